The molecule has 0 N–H and O–H groups in total. The van der Waals surface area contributed by atoms with Crippen molar-refractivity contribution in [3.05, 3.63) is 5.75 Å². The Morgan fingerprint density at radius 2 is 2.00 bits per heavy atom. The molecule has 45 valence electrons. The van der Waals surface area contributed by atoms with Crippen molar-refractivity contribution in [1.29, 1.82) is 0 Å². The SMILES string of the molecule is CC1OC[CH-]S1.[Y].[Y].[Y]. The van der Waals surface area contributed by atoms with Gasteiger partial charge in [-0.25, -0.2) is 5.75 Å². The molecule has 1 aliphatic heterocycles. The molecule has 0 bridgehead atoms. The Bertz CT molecular complexity index is 49.1. The molecule has 3 radical (unpaired) electrons. The molecule has 9 heavy (non-hydrogen) atoms. The standard InChI is InChI=1S/C4H7OS.3Y/c1-4-5-2-3-6-4;;;/h3-4H,2H2,1H3;;;/q-1;;;. The Labute approximate surface area is 136 Å². The zero-order valence-corrected chi connectivity index (χ0v) is 14.7. The third-order valence-corrected chi connectivity index (χ3v) is 1.53. The largest absolute Gasteiger partial charge is 0.402 e. The van der Waals surface area contributed by atoms with Gasteiger partial charge < -0.3 is 16.5 Å². The smallest absolute Gasteiger partial charge is 0.0675 e. The van der Waals surface area contributed by atoms with Crippen LogP contribution in [0.5, 0.6) is 0 Å². The van der Waals surface area contributed by atoms with E-state index in [4.69, 9.17) is 4.74 Å². The summed E-state index contributed by atoms with van der Waals surface area (Å²) in [5.41, 5.74) is 0.407. The van der Waals surface area contributed by atoms with Crippen molar-refractivity contribution in [2.75, 3.05) is 6.61 Å². The normalized spacial score (nSPS) is 23.0. The second-order valence-corrected chi connectivity index (χ2v) is 2.47. The molecule has 0 aromatic carbocycles. The van der Waals surface area contributed by atoms with Gasteiger partial charge in [-0.1, -0.05) is 6.61 Å². The molecular formula is C4H7OSY3-. The van der Waals surface area contributed by atoms with Crippen molar-refractivity contribution >= 4 is 11.8 Å². The fourth-order valence-corrected chi connectivity index (χ4v) is 0.974. The monoisotopic (exact) mass is 370 g/mol. The zero-order valence-electron chi connectivity index (χ0n) is 5.41. The van der Waals surface area contributed by atoms with Crippen LogP contribution in [0.3, 0.4) is 0 Å². The number of ether oxygens (including phenoxy) is 1. The minimum absolute atomic E-state index is 0. The maximum absolute atomic E-state index is 5.06. The first-order valence-corrected chi connectivity index (χ1v) is 2.92. The van der Waals surface area contributed by atoms with Crippen LogP contribution in [-0.4, -0.2) is 12.0 Å². The molecule has 0 aromatic heterocycles. The van der Waals surface area contributed by atoms with E-state index in [1.807, 2.05) is 6.92 Å². The van der Waals surface area contributed by atoms with Crippen LogP contribution in [0.15, 0.2) is 0 Å². The summed E-state index contributed by atoms with van der Waals surface area (Å²) >= 11 is 1.75. The minimum Gasteiger partial charge on any atom is -0.402 e. The summed E-state index contributed by atoms with van der Waals surface area (Å²) in [4.78, 5) is 0. The van der Waals surface area contributed by atoms with E-state index < -0.39 is 0 Å². The molecule has 0 amide bonds. The quantitative estimate of drug-likeness (QED) is 0.594. The zero-order chi connectivity index (χ0) is 4.41. The van der Waals surface area contributed by atoms with Gasteiger partial charge in [0, 0.05) is 98.1 Å². The molecule has 0 spiro atoms. The number of thioether (sulfide) groups is 1. The average molecular weight is 370 g/mol. The van der Waals surface area contributed by atoms with Gasteiger partial charge in [0.2, 0.25) is 0 Å². The van der Waals surface area contributed by atoms with E-state index in [2.05, 4.69) is 5.75 Å². The third kappa shape index (κ3) is 9.54. The Balaban J connectivity index is -0.000000120. The van der Waals surface area contributed by atoms with Crippen LogP contribution in [0.2, 0.25) is 0 Å². The number of hydrogen-bond acceptors (Lipinski definition) is 2. The molecule has 1 atom stereocenters. The molecule has 1 heterocycles. The van der Waals surface area contributed by atoms with Crippen LogP contribution in [0, 0.1) is 5.75 Å². The molecule has 0 saturated carbocycles. The molecule has 1 nitrogen and oxygen atoms in total. The van der Waals surface area contributed by atoms with Gasteiger partial charge in [0.15, 0.2) is 0 Å². The summed E-state index contributed by atoms with van der Waals surface area (Å²) in [6, 6.07) is 0. The minimum atomic E-state index is 0. The fourth-order valence-electron chi connectivity index (χ4n) is 0.389. The number of rotatable bonds is 0. The maximum Gasteiger partial charge on any atom is 0.0675 e. The van der Waals surface area contributed by atoms with Crippen LogP contribution >= 0.6 is 11.8 Å². The third-order valence-electron chi connectivity index (χ3n) is 0.687. The van der Waals surface area contributed by atoms with Gasteiger partial charge in [-0.3, -0.25) is 0 Å². The second-order valence-electron chi connectivity index (χ2n) is 1.20. The van der Waals surface area contributed by atoms with Gasteiger partial charge in [0.1, 0.15) is 0 Å². The summed E-state index contributed by atoms with van der Waals surface area (Å²) in [7, 11) is 0. The molecular weight excluding hydrogens is 363 g/mol. The van der Waals surface area contributed by atoms with Gasteiger partial charge >= 0.3 is 0 Å². The fraction of sp³-hybridized carbons (Fsp3) is 0.750. The molecule has 1 aliphatic rings. The Kier molecular flexibility index (Phi) is 23.8. The first-order chi connectivity index (χ1) is 2.89. The van der Waals surface area contributed by atoms with Crippen LogP contribution < -0.4 is 0 Å². The van der Waals surface area contributed by atoms with Gasteiger partial charge in [0.05, 0.1) is 5.44 Å². The van der Waals surface area contributed by atoms with Gasteiger partial charge in [-0.15, -0.1) is 0 Å². The van der Waals surface area contributed by atoms with Crippen molar-refractivity contribution in [2.24, 2.45) is 0 Å². The maximum atomic E-state index is 5.06. The Hall–Kier alpha value is 3.62. The summed E-state index contributed by atoms with van der Waals surface area (Å²) < 4.78 is 5.06. The van der Waals surface area contributed by atoms with Crippen molar-refractivity contribution < 1.29 is 103 Å². The molecule has 1 saturated heterocycles. The van der Waals surface area contributed by atoms with Crippen LogP contribution in [-0.2, 0) is 103 Å². The van der Waals surface area contributed by atoms with Gasteiger partial charge in [0.25, 0.3) is 0 Å². The average Bonchev–Trinajstić information content (AvgIpc) is 1.86. The van der Waals surface area contributed by atoms with E-state index >= 15 is 0 Å². The summed E-state index contributed by atoms with van der Waals surface area (Å²) in [5.74, 6) is 2.07. The van der Waals surface area contributed by atoms with Crippen molar-refractivity contribution in [2.45, 2.75) is 12.4 Å². The molecule has 0 aromatic rings. The van der Waals surface area contributed by atoms with Gasteiger partial charge in [-0.05, 0) is 6.92 Å². The van der Waals surface area contributed by atoms with Crippen molar-refractivity contribution in [3.63, 3.8) is 0 Å². The van der Waals surface area contributed by atoms with E-state index in [0.29, 0.717) is 5.44 Å². The van der Waals surface area contributed by atoms with Crippen LogP contribution in [0.1, 0.15) is 6.92 Å². The van der Waals surface area contributed by atoms with Crippen molar-refractivity contribution in [3.8, 4) is 0 Å². The predicted molar refractivity (Wildman–Crippen MR) is 27.3 cm³/mol. The first kappa shape index (κ1) is 18.4. The summed E-state index contributed by atoms with van der Waals surface area (Å²) in [6.07, 6.45) is 0. The molecule has 5 heteroatoms. The molecule has 1 unspecified atom stereocenters. The van der Waals surface area contributed by atoms with Crippen molar-refractivity contribution in [1.82, 2.24) is 0 Å². The van der Waals surface area contributed by atoms with E-state index in [0.717, 1.165) is 6.61 Å². The summed E-state index contributed by atoms with van der Waals surface area (Å²) in [5, 5.41) is 0. The number of hydrogen-bond donors (Lipinski definition) is 0. The Morgan fingerprint density at radius 3 is 2.11 bits per heavy atom. The second kappa shape index (κ2) is 11.6. The topological polar surface area (TPSA) is 9.23 Å². The van der Waals surface area contributed by atoms with E-state index in [1.54, 1.807) is 11.8 Å². The first-order valence-electron chi connectivity index (χ1n) is 1.98. The van der Waals surface area contributed by atoms with E-state index in [-0.39, 0.29) is 98.1 Å². The van der Waals surface area contributed by atoms with E-state index in [9.17, 15) is 0 Å². The molecule has 1 rings (SSSR count). The molecule has 0 aliphatic carbocycles. The molecule has 1 fully saturated rings. The van der Waals surface area contributed by atoms with Crippen LogP contribution in [0.4, 0.5) is 0 Å². The summed E-state index contributed by atoms with van der Waals surface area (Å²) in [6.45, 7) is 2.88. The predicted octanol–water partition coefficient (Wildman–Crippen LogP) is 1.25. The van der Waals surface area contributed by atoms with Crippen LogP contribution in [0.25, 0.3) is 0 Å². The van der Waals surface area contributed by atoms with E-state index in [1.165, 1.54) is 0 Å². The van der Waals surface area contributed by atoms with Gasteiger partial charge in [-0.2, -0.15) is 0 Å². The Morgan fingerprint density at radius 1 is 1.44 bits per heavy atom.